The molecular formula is C13H17NO. The standard InChI is InChI=1S/C13H17NO/c1-8(2)10-6-9(3)7-11-12(15)4-5-14-13(10)11/h6-8,14H,4-5H2,1-3H3. The van der Waals surface area contributed by atoms with Crippen molar-refractivity contribution in [1.82, 2.24) is 0 Å². The molecule has 0 fully saturated rings. The second kappa shape index (κ2) is 3.69. The van der Waals surface area contributed by atoms with Gasteiger partial charge in [0.1, 0.15) is 0 Å². The fourth-order valence-corrected chi connectivity index (χ4v) is 2.12. The summed E-state index contributed by atoms with van der Waals surface area (Å²) >= 11 is 0. The van der Waals surface area contributed by atoms with Gasteiger partial charge >= 0.3 is 0 Å². The number of nitrogens with one attached hydrogen (secondary N) is 1. The minimum atomic E-state index is 0.273. The lowest BCUT2D eigenvalue weighted by Crippen LogP contribution is -2.20. The van der Waals surface area contributed by atoms with Crippen LogP contribution >= 0.6 is 0 Å². The van der Waals surface area contributed by atoms with E-state index in [1.807, 2.05) is 13.0 Å². The maximum Gasteiger partial charge on any atom is 0.166 e. The highest BCUT2D eigenvalue weighted by atomic mass is 16.1. The fourth-order valence-electron chi connectivity index (χ4n) is 2.12. The summed E-state index contributed by atoms with van der Waals surface area (Å²) in [5.41, 5.74) is 4.38. The van der Waals surface area contributed by atoms with Gasteiger partial charge in [0.15, 0.2) is 5.78 Å². The molecule has 2 rings (SSSR count). The summed E-state index contributed by atoms with van der Waals surface area (Å²) in [5.74, 6) is 0.728. The van der Waals surface area contributed by atoms with E-state index in [0.29, 0.717) is 12.3 Å². The molecule has 1 aliphatic rings. The predicted octanol–water partition coefficient (Wildman–Crippen LogP) is 3.12. The van der Waals surface area contributed by atoms with E-state index in [4.69, 9.17) is 0 Å². The number of carbonyl (C=O) groups is 1. The molecule has 0 saturated carbocycles. The highest BCUT2D eigenvalue weighted by molar-refractivity contribution is 6.04. The number of benzene rings is 1. The zero-order chi connectivity index (χ0) is 11.0. The van der Waals surface area contributed by atoms with E-state index < -0.39 is 0 Å². The topological polar surface area (TPSA) is 29.1 Å². The molecule has 1 aromatic rings. The summed E-state index contributed by atoms with van der Waals surface area (Å²) < 4.78 is 0. The second-order valence-corrected chi connectivity index (χ2v) is 4.53. The van der Waals surface area contributed by atoms with Crippen LogP contribution in [0.1, 0.15) is 47.7 Å². The van der Waals surface area contributed by atoms with Gasteiger partial charge in [0.05, 0.1) is 0 Å². The smallest absolute Gasteiger partial charge is 0.166 e. The van der Waals surface area contributed by atoms with E-state index >= 15 is 0 Å². The normalized spacial score (nSPS) is 15.1. The summed E-state index contributed by atoms with van der Waals surface area (Å²) in [5, 5.41) is 3.35. The Morgan fingerprint density at radius 2 is 2.07 bits per heavy atom. The average Bonchev–Trinajstić information content (AvgIpc) is 2.18. The number of anilines is 1. The van der Waals surface area contributed by atoms with Crippen LogP contribution < -0.4 is 5.32 Å². The highest BCUT2D eigenvalue weighted by Gasteiger charge is 2.20. The summed E-state index contributed by atoms with van der Waals surface area (Å²) in [6, 6.07) is 4.17. The van der Waals surface area contributed by atoms with Crippen molar-refractivity contribution in [1.29, 1.82) is 0 Å². The lowest BCUT2D eigenvalue weighted by Gasteiger charge is -2.23. The first kappa shape index (κ1) is 10.2. The first-order valence-electron chi connectivity index (χ1n) is 5.51. The van der Waals surface area contributed by atoms with Gasteiger partial charge in [-0.25, -0.2) is 0 Å². The van der Waals surface area contributed by atoms with Gasteiger partial charge < -0.3 is 5.32 Å². The van der Waals surface area contributed by atoms with Crippen molar-refractivity contribution in [2.24, 2.45) is 0 Å². The van der Waals surface area contributed by atoms with E-state index in [-0.39, 0.29) is 5.78 Å². The van der Waals surface area contributed by atoms with Gasteiger partial charge in [0.2, 0.25) is 0 Å². The molecular weight excluding hydrogens is 186 g/mol. The number of Topliss-reactive ketones (excluding diaryl/α,β-unsaturated/α-hetero) is 1. The van der Waals surface area contributed by atoms with E-state index in [2.05, 4.69) is 25.2 Å². The molecule has 0 unspecified atom stereocenters. The molecule has 1 aliphatic heterocycles. The monoisotopic (exact) mass is 203 g/mol. The van der Waals surface area contributed by atoms with Crippen molar-refractivity contribution < 1.29 is 4.79 Å². The molecule has 0 spiro atoms. The maximum absolute atomic E-state index is 11.8. The van der Waals surface area contributed by atoms with Crippen LogP contribution in [0.25, 0.3) is 0 Å². The molecule has 0 aromatic heterocycles. The molecule has 1 N–H and O–H groups in total. The third-order valence-corrected chi connectivity index (χ3v) is 2.89. The van der Waals surface area contributed by atoms with E-state index in [1.165, 1.54) is 11.1 Å². The zero-order valence-corrected chi connectivity index (χ0v) is 9.55. The van der Waals surface area contributed by atoms with E-state index in [1.54, 1.807) is 0 Å². The second-order valence-electron chi connectivity index (χ2n) is 4.53. The van der Waals surface area contributed by atoms with Crippen LogP contribution in [-0.2, 0) is 0 Å². The van der Waals surface area contributed by atoms with Gasteiger partial charge in [-0.2, -0.15) is 0 Å². The lowest BCUT2D eigenvalue weighted by molar-refractivity contribution is 0.0983. The van der Waals surface area contributed by atoms with Gasteiger partial charge in [-0.05, 0) is 30.0 Å². The molecule has 80 valence electrons. The highest BCUT2D eigenvalue weighted by Crippen LogP contribution is 2.32. The van der Waals surface area contributed by atoms with Crippen molar-refractivity contribution in [2.45, 2.75) is 33.1 Å². The predicted molar refractivity (Wildman–Crippen MR) is 62.7 cm³/mol. The third kappa shape index (κ3) is 1.76. The van der Waals surface area contributed by atoms with E-state index in [0.717, 1.165) is 17.8 Å². The average molecular weight is 203 g/mol. The quantitative estimate of drug-likeness (QED) is 0.759. The number of hydrogen-bond donors (Lipinski definition) is 1. The Morgan fingerprint density at radius 3 is 2.73 bits per heavy atom. The summed E-state index contributed by atoms with van der Waals surface area (Å²) in [4.78, 5) is 11.8. The van der Waals surface area contributed by atoms with E-state index in [9.17, 15) is 4.79 Å². The molecule has 1 aromatic carbocycles. The Morgan fingerprint density at radius 1 is 1.33 bits per heavy atom. The van der Waals surface area contributed by atoms with Crippen molar-refractivity contribution in [3.8, 4) is 0 Å². The SMILES string of the molecule is Cc1cc2c(c(C(C)C)c1)NCCC2=O. The molecule has 2 nitrogen and oxygen atoms in total. The Balaban J connectivity index is 2.62. The molecule has 0 amide bonds. The van der Waals surface area contributed by atoms with Gasteiger partial charge in [-0.3, -0.25) is 4.79 Å². The molecule has 0 bridgehead atoms. The summed E-state index contributed by atoms with van der Waals surface area (Å²) in [7, 11) is 0. The van der Waals surface area contributed by atoms with Crippen LogP contribution in [0.4, 0.5) is 5.69 Å². The zero-order valence-electron chi connectivity index (χ0n) is 9.55. The third-order valence-electron chi connectivity index (χ3n) is 2.89. The number of carbonyl (C=O) groups excluding carboxylic acids is 1. The van der Waals surface area contributed by atoms with Crippen LogP contribution in [0.3, 0.4) is 0 Å². The van der Waals surface area contributed by atoms with Crippen LogP contribution in [0.5, 0.6) is 0 Å². The molecule has 1 heterocycles. The van der Waals surface area contributed by atoms with Gasteiger partial charge in [0.25, 0.3) is 0 Å². The van der Waals surface area contributed by atoms with Crippen molar-refractivity contribution in [3.05, 3.63) is 28.8 Å². The van der Waals surface area contributed by atoms with Crippen LogP contribution in [0.2, 0.25) is 0 Å². The number of rotatable bonds is 1. The summed E-state index contributed by atoms with van der Waals surface area (Å²) in [6.07, 6.45) is 0.619. The lowest BCUT2D eigenvalue weighted by atomic mass is 9.91. The van der Waals surface area contributed by atoms with Crippen molar-refractivity contribution >= 4 is 11.5 Å². The largest absolute Gasteiger partial charge is 0.384 e. The Hall–Kier alpha value is -1.31. The Kier molecular flexibility index (Phi) is 2.51. The van der Waals surface area contributed by atoms with Crippen molar-refractivity contribution in [2.75, 3.05) is 11.9 Å². The van der Waals surface area contributed by atoms with Gasteiger partial charge in [-0.15, -0.1) is 0 Å². The van der Waals surface area contributed by atoms with Crippen LogP contribution in [0, 0.1) is 6.92 Å². The van der Waals surface area contributed by atoms with Gasteiger partial charge in [0, 0.05) is 24.2 Å². The minimum absolute atomic E-state index is 0.273. The molecule has 15 heavy (non-hydrogen) atoms. The first-order chi connectivity index (χ1) is 7.09. The molecule has 2 heteroatoms. The number of ketones is 1. The maximum atomic E-state index is 11.8. The molecule has 0 aliphatic carbocycles. The van der Waals surface area contributed by atoms with Gasteiger partial charge in [-0.1, -0.05) is 19.9 Å². The Bertz CT molecular complexity index is 407. The minimum Gasteiger partial charge on any atom is -0.384 e. The molecule has 0 radical (unpaired) electrons. The summed E-state index contributed by atoms with van der Waals surface area (Å²) in [6.45, 7) is 7.15. The number of hydrogen-bond acceptors (Lipinski definition) is 2. The van der Waals surface area contributed by atoms with Crippen LogP contribution in [-0.4, -0.2) is 12.3 Å². The van der Waals surface area contributed by atoms with Crippen molar-refractivity contribution in [3.63, 3.8) is 0 Å². The number of aryl methyl sites for hydroxylation is 1. The molecule has 0 saturated heterocycles. The molecule has 0 atom stereocenters. The number of fused-ring (bicyclic) bond motifs is 1. The Labute approximate surface area is 90.7 Å². The van der Waals surface area contributed by atoms with Crippen LogP contribution in [0.15, 0.2) is 12.1 Å². The first-order valence-corrected chi connectivity index (χ1v) is 5.51. The fraction of sp³-hybridized carbons (Fsp3) is 0.462.